The average Bonchev–Trinajstić information content (AvgIpc) is 2.99. The maximum Gasteiger partial charge on any atom is 0.333 e. The van der Waals surface area contributed by atoms with Gasteiger partial charge in [-0.15, -0.1) is 5.06 Å². The summed E-state index contributed by atoms with van der Waals surface area (Å²) in [5.74, 6) is -2.30. The molecule has 0 aliphatic carbocycles. The van der Waals surface area contributed by atoms with Crippen molar-refractivity contribution in [3.8, 4) is 0 Å². The molecule has 11 heteroatoms. The zero-order valence-corrected chi connectivity index (χ0v) is 17.0. The van der Waals surface area contributed by atoms with Gasteiger partial charge in [0.05, 0.1) is 13.0 Å². The van der Waals surface area contributed by atoms with Crippen molar-refractivity contribution >= 4 is 29.6 Å². The third kappa shape index (κ3) is 7.42. The second kappa shape index (κ2) is 10.9. The van der Waals surface area contributed by atoms with Crippen LogP contribution in [-0.4, -0.2) is 109 Å². The predicted octanol–water partition coefficient (Wildman–Crippen LogP) is -1.80. The van der Waals surface area contributed by atoms with E-state index in [9.17, 15) is 24.0 Å². The Morgan fingerprint density at radius 3 is 2.28 bits per heavy atom. The Morgan fingerprint density at radius 1 is 1.03 bits per heavy atom. The van der Waals surface area contributed by atoms with Gasteiger partial charge in [0, 0.05) is 65.6 Å². The number of imide groups is 1. The lowest BCUT2D eigenvalue weighted by atomic mass is 10.4. The zero-order chi connectivity index (χ0) is 21.4. The van der Waals surface area contributed by atoms with E-state index in [4.69, 9.17) is 4.84 Å². The Kier molecular flexibility index (Phi) is 8.52. The number of nitrogens with one attached hydrogen (secondary N) is 1. The van der Waals surface area contributed by atoms with E-state index in [1.165, 1.54) is 4.90 Å². The summed E-state index contributed by atoms with van der Waals surface area (Å²) in [6, 6.07) is 0. The van der Waals surface area contributed by atoms with E-state index in [0.717, 1.165) is 26.2 Å². The minimum atomic E-state index is -0.809. The van der Waals surface area contributed by atoms with Crippen molar-refractivity contribution in [1.29, 1.82) is 0 Å². The maximum absolute atomic E-state index is 12.1. The van der Waals surface area contributed by atoms with Crippen LogP contribution in [0, 0.1) is 0 Å². The molecule has 0 aromatic rings. The molecule has 0 spiro atoms. The summed E-state index contributed by atoms with van der Waals surface area (Å²) >= 11 is 0. The van der Waals surface area contributed by atoms with E-state index < -0.39 is 17.8 Å². The molecule has 162 valence electrons. The molecule has 11 nitrogen and oxygen atoms in total. The predicted molar refractivity (Wildman–Crippen MR) is 101 cm³/mol. The van der Waals surface area contributed by atoms with Gasteiger partial charge in [0.15, 0.2) is 0 Å². The van der Waals surface area contributed by atoms with Gasteiger partial charge in [0.2, 0.25) is 11.8 Å². The number of nitrogens with zero attached hydrogens (tertiary/aromatic N) is 4. The first-order chi connectivity index (χ1) is 13.8. The summed E-state index contributed by atoms with van der Waals surface area (Å²) < 4.78 is 0. The summed E-state index contributed by atoms with van der Waals surface area (Å²) in [7, 11) is 3.63. The Labute approximate surface area is 169 Å². The summed E-state index contributed by atoms with van der Waals surface area (Å²) in [6.07, 6.45) is -0.306. The van der Waals surface area contributed by atoms with Gasteiger partial charge < -0.3 is 20.0 Å². The molecular weight excluding hydrogens is 390 g/mol. The van der Waals surface area contributed by atoms with Gasteiger partial charge in [-0.05, 0) is 7.05 Å². The Bertz CT molecular complexity index is 631. The first-order valence-electron chi connectivity index (χ1n) is 9.74. The van der Waals surface area contributed by atoms with E-state index in [1.54, 1.807) is 7.05 Å². The monoisotopic (exact) mass is 419 g/mol. The second-order valence-corrected chi connectivity index (χ2v) is 7.29. The van der Waals surface area contributed by atoms with Crippen molar-refractivity contribution in [3.63, 3.8) is 0 Å². The molecule has 0 aromatic heterocycles. The number of carbonyl (C=O) groups excluding carboxylic acids is 5. The minimum Gasteiger partial charge on any atom is -0.353 e. The molecule has 0 saturated carbocycles. The lowest BCUT2D eigenvalue weighted by Crippen LogP contribution is -2.48. The lowest BCUT2D eigenvalue weighted by molar-refractivity contribution is -0.197. The first-order valence-corrected chi connectivity index (χ1v) is 9.74. The summed E-state index contributed by atoms with van der Waals surface area (Å²) in [6.45, 7) is 4.55. The van der Waals surface area contributed by atoms with Gasteiger partial charge in [-0.2, -0.15) is 0 Å². The van der Waals surface area contributed by atoms with Crippen LogP contribution in [0.2, 0.25) is 0 Å². The van der Waals surface area contributed by atoms with E-state index in [-0.39, 0.29) is 37.5 Å². The van der Waals surface area contributed by atoms with E-state index in [0.29, 0.717) is 24.7 Å². The highest BCUT2D eigenvalue weighted by Gasteiger charge is 2.32. The Morgan fingerprint density at radius 2 is 1.66 bits per heavy atom. The number of amides is 4. The van der Waals surface area contributed by atoms with Crippen LogP contribution < -0.4 is 5.32 Å². The molecule has 0 radical (unpaired) electrons. The van der Waals surface area contributed by atoms with Gasteiger partial charge >= 0.3 is 5.97 Å². The van der Waals surface area contributed by atoms with Gasteiger partial charge in [0.25, 0.3) is 11.8 Å². The fourth-order valence-corrected chi connectivity index (χ4v) is 2.96. The average molecular weight is 419 g/mol. The van der Waals surface area contributed by atoms with Crippen LogP contribution in [0.3, 0.4) is 0 Å². The van der Waals surface area contributed by atoms with Crippen molar-refractivity contribution in [2.24, 2.45) is 0 Å². The molecule has 2 rings (SSSR count). The highest BCUT2D eigenvalue weighted by atomic mass is 16.8. The molecule has 4 amide bonds. The molecule has 1 N–H and O–H groups in total. The quantitative estimate of drug-likeness (QED) is 0.264. The molecule has 2 heterocycles. The number of hydrogen-bond donors (Lipinski definition) is 1. The Balaban J connectivity index is 1.58. The van der Waals surface area contributed by atoms with Crippen molar-refractivity contribution in [2.75, 3.05) is 59.9 Å². The summed E-state index contributed by atoms with van der Waals surface area (Å²) in [5.41, 5.74) is 0. The van der Waals surface area contributed by atoms with Crippen LogP contribution in [0.25, 0.3) is 0 Å². The smallest absolute Gasteiger partial charge is 0.333 e. The highest BCUT2D eigenvalue weighted by molar-refractivity contribution is 6.01. The van der Waals surface area contributed by atoms with Crippen LogP contribution in [0.5, 0.6) is 0 Å². The molecule has 2 fully saturated rings. The number of hydrogen-bond acceptors (Lipinski definition) is 8. The second-order valence-electron chi connectivity index (χ2n) is 7.29. The van der Waals surface area contributed by atoms with Crippen molar-refractivity contribution in [3.05, 3.63) is 0 Å². The Hall–Kier alpha value is -2.53. The third-order valence-corrected chi connectivity index (χ3v) is 4.90. The van der Waals surface area contributed by atoms with Gasteiger partial charge in [-0.3, -0.25) is 24.1 Å². The largest absolute Gasteiger partial charge is 0.353 e. The number of likely N-dealkylation sites (N-methyl/N-ethyl adjacent to an activating group) is 2. The van der Waals surface area contributed by atoms with Gasteiger partial charge in [-0.1, -0.05) is 0 Å². The third-order valence-electron chi connectivity index (χ3n) is 4.90. The zero-order valence-electron chi connectivity index (χ0n) is 17.0. The van der Waals surface area contributed by atoms with Crippen molar-refractivity contribution < 1.29 is 28.8 Å². The van der Waals surface area contributed by atoms with Crippen LogP contribution in [0.15, 0.2) is 0 Å². The van der Waals surface area contributed by atoms with E-state index in [2.05, 4.69) is 22.2 Å². The van der Waals surface area contributed by atoms with Crippen molar-refractivity contribution in [1.82, 2.24) is 25.1 Å². The minimum absolute atomic E-state index is 0.0221. The molecule has 0 bridgehead atoms. The lowest BCUT2D eigenvalue weighted by Gasteiger charge is -2.31. The summed E-state index contributed by atoms with van der Waals surface area (Å²) in [5, 5.41) is 3.25. The molecule has 0 unspecified atom stereocenters. The normalized spacial score (nSPS) is 18.1. The fourth-order valence-electron chi connectivity index (χ4n) is 2.96. The molecule has 29 heavy (non-hydrogen) atoms. The standard InChI is InChI=1S/C18H29N5O6/c1-20-9-11-22(12-10-20)13-14(24)19-7-8-21(2)15(25)5-6-18(28)29-23-16(26)3-4-17(23)27/h3-13H2,1-2H3,(H,19,24)/i1+1,9+1,11+1,14+1,15+1,18+1,20+1,22+1. The number of rotatable bonds is 9. The molecule has 0 aromatic carbocycles. The molecule has 2 aliphatic heterocycles. The topological polar surface area (TPSA) is 120 Å². The SMILES string of the molecule is CN(CCN[13C](=O)C[15N]1CC[15N]([13CH3])[13CH2][13CH2]1)[13C](=O)CC[13C](=O)ON1C(=O)CCC1=O. The van der Waals surface area contributed by atoms with E-state index in [1.807, 2.05) is 0 Å². The van der Waals surface area contributed by atoms with Crippen LogP contribution in [0.4, 0.5) is 0 Å². The fraction of sp³-hybridized carbons (Fsp3) is 0.722. The molecular formula is C18H29N5O6. The van der Waals surface area contributed by atoms with Crippen LogP contribution >= 0.6 is 0 Å². The number of carbonyl (C=O) groups is 5. The van der Waals surface area contributed by atoms with Crippen LogP contribution in [-0.2, 0) is 28.8 Å². The number of hydroxylamine groups is 2. The van der Waals surface area contributed by atoms with Crippen LogP contribution in [0.1, 0.15) is 25.7 Å². The van der Waals surface area contributed by atoms with Crippen molar-refractivity contribution in [2.45, 2.75) is 25.7 Å². The molecule has 0 atom stereocenters. The van der Waals surface area contributed by atoms with E-state index >= 15 is 0 Å². The first kappa shape index (κ1) is 22.8. The summed E-state index contributed by atoms with van der Waals surface area (Å²) in [4.78, 5) is 69.0. The van der Waals surface area contributed by atoms with Gasteiger partial charge in [-0.25, -0.2) is 4.79 Å². The molecule has 2 saturated heterocycles. The maximum atomic E-state index is 12.1. The van der Waals surface area contributed by atoms with Gasteiger partial charge in [0.1, 0.15) is 0 Å². The molecule has 2 aliphatic rings. The highest BCUT2D eigenvalue weighted by Crippen LogP contribution is 2.13. The number of piperazine rings is 1.